The normalized spacial score (nSPS) is 10.6. The van der Waals surface area contributed by atoms with Crippen LogP contribution in [0.15, 0.2) is 18.2 Å². The van der Waals surface area contributed by atoms with Gasteiger partial charge in [-0.05, 0) is 18.6 Å². The third kappa shape index (κ3) is 2.13. The molecule has 0 spiro atoms. The van der Waals surface area contributed by atoms with Crippen molar-refractivity contribution in [3.05, 3.63) is 29.6 Å². The molecule has 5 heteroatoms. The Labute approximate surface area is 92.2 Å². The molecule has 1 N–H and O–H groups in total. The molecule has 1 aromatic carbocycles. The smallest absolute Gasteiger partial charge is 0.303 e. The minimum Gasteiger partial charge on any atom is -0.481 e. The summed E-state index contributed by atoms with van der Waals surface area (Å²) in [5, 5.41) is 16.5. The van der Waals surface area contributed by atoms with Crippen LogP contribution in [0.2, 0.25) is 0 Å². The topological polar surface area (TPSA) is 76.0 Å². The van der Waals surface area contributed by atoms with Crippen molar-refractivity contribution in [1.82, 2.24) is 15.2 Å². The molecule has 0 fully saturated rings. The number of fused-ring (bicyclic) bond motifs is 1. The molecule has 0 saturated carbocycles. The summed E-state index contributed by atoms with van der Waals surface area (Å²) in [6.45, 7) is 1.94. The van der Waals surface area contributed by atoms with Crippen molar-refractivity contribution in [1.29, 1.82) is 0 Å². The van der Waals surface area contributed by atoms with Gasteiger partial charge < -0.3 is 5.11 Å². The van der Waals surface area contributed by atoms with Crippen LogP contribution in [-0.2, 0) is 11.2 Å². The zero-order chi connectivity index (χ0) is 11.5. The Morgan fingerprint density at radius 1 is 1.38 bits per heavy atom. The van der Waals surface area contributed by atoms with Gasteiger partial charge in [0.05, 0.1) is 11.9 Å². The third-order valence-electron chi connectivity index (χ3n) is 2.29. The van der Waals surface area contributed by atoms with Gasteiger partial charge in [0, 0.05) is 6.42 Å². The number of carbonyl (C=O) groups is 1. The summed E-state index contributed by atoms with van der Waals surface area (Å²) in [4.78, 5) is 14.7. The minimum atomic E-state index is -0.854. The van der Waals surface area contributed by atoms with E-state index < -0.39 is 5.97 Å². The van der Waals surface area contributed by atoms with E-state index in [9.17, 15) is 4.79 Å². The van der Waals surface area contributed by atoms with Gasteiger partial charge in [-0.15, -0.1) is 10.2 Å². The Balaban J connectivity index is 2.33. The number of nitrogens with zero attached hydrogens (tertiary/aromatic N) is 3. The van der Waals surface area contributed by atoms with E-state index in [4.69, 9.17) is 5.11 Å². The highest BCUT2D eigenvalue weighted by molar-refractivity contribution is 5.76. The Morgan fingerprint density at radius 3 is 2.94 bits per heavy atom. The zero-order valence-electron chi connectivity index (χ0n) is 8.84. The predicted molar refractivity (Wildman–Crippen MR) is 58.0 cm³/mol. The van der Waals surface area contributed by atoms with Crippen molar-refractivity contribution in [3.8, 4) is 0 Å². The van der Waals surface area contributed by atoms with Crippen molar-refractivity contribution in [2.24, 2.45) is 0 Å². The summed E-state index contributed by atoms with van der Waals surface area (Å²) in [5.74, 6) is -0.381. The third-order valence-corrected chi connectivity index (χ3v) is 2.29. The SMILES string of the molecule is Cc1cccc2nc(CCC(=O)O)nnc12. The fraction of sp³-hybridized carbons (Fsp3) is 0.273. The first-order valence-electron chi connectivity index (χ1n) is 4.97. The van der Waals surface area contributed by atoms with Gasteiger partial charge >= 0.3 is 5.97 Å². The number of aliphatic carboxylic acids is 1. The van der Waals surface area contributed by atoms with E-state index in [1.807, 2.05) is 25.1 Å². The predicted octanol–water partition coefficient (Wildman–Crippen LogP) is 1.35. The lowest BCUT2D eigenvalue weighted by atomic mass is 10.2. The molecular weight excluding hydrogens is 206 g/mol. The molecule has 0 radical (unpaired) electrons. The van der Waals surface area contributed by atoms with E-state index in [2.05, 4.69) is 15.2 Å². The van der Waals surface area contributed by atoms with Crippen molar-refractivity contribution in [3.63, 3.8) is 0 Å². The Kier molecular flexibility index (Phi) is 2.76. The number of benzene rings is 1. The lowest BCUT2D eigenvalue weighted by molar-refractivity contribution is -0.137. The van der Waals surface area contributed by atoms with Crippen LogP contribution in [0.4, 0.5) is 0 Å². The average Bonchev–Trinajstić information content (AvgIpc) is 2.26. The maximum Gasteiger partial charge on any atom is 0.303 e. The van der Waals surface area contributed by atoms with Crippen LogP contribution >= 0.6 is 0 Å². The van der Waals surface area contributed by atoms with Gasteiger partial charge in [-0.1, -0.05) is 12.1 Å². The second-order valence-electron chi connectivity index (χ2n) is 3.56. The van der Waals surface area contributed by atoms with Crippen LogP contribution in [0.1, 0.15) is 17.8 Å². The first-order chi connectivity index (χ1) is 7.66. The van der Waals surface area contributed by atoms with Gasteiger partial charge in [0.1, 0.15) is 5.52 Å². The summed E-state index contributed by atoms with van der Waals surface area (Å²) in [6.07, 6.45) is 0.339. The quantitative estimate of drug-likeness (QED) is 0.839. The summed E-state index contributed by atoms with van der Waals surface area (Å²) >= 11 is 0. The standard InChI is InChI=1S/C11H11N3O2/c1-7-3-2-4-8-11(7)14-13-9(12-8)5-6-10(15)16/h2-4H,5-6H2,1H3,(H,15,16). The van der Waals surface area contributed by atoms with Gasteiger partial charge in [0.25, 0.3) is 0 Å². The summed E-state index contributed by atoms with van der Waals surface area (Å²) < 4.78 is 0. The first kappa shape index (κ1) is 10.5. The maximum absolute atomic E-state index is 10.4. The van der Waals surface area contributed by atoms with E-state index in [1.54, 1.807) is 0 Å². The highest BCUT2D eigenvalue weighted by Gasteiger charge is 2.05. The molecule has 0 saturated heterocycles. The van der Waals surface area contributed by atoms with Gasteiger partial charge in [-0.3, -0.25) is 4.79 Å². The van der Waals surface area contributed by atoms with Gasteiger partial charge in [-0.25, -0.2) is 4.98 Å². The number of hydrogen-bond acceptors (Lipinski definition) is 4. The van der Waals surface area contributed by atoms with E-state index in [1.165, 1.54) is 0 Å². The molecule has 0 unspecified atom stereocenters. The lowest BCUT2D eigenvalue weighted by Gasteiger charge is -2.01. The number of carboxylic acids is 1. The molecule has 82 valence electrons. The van der Waals surface area contributed by atoms with Crippen molar-refractivity contribution >= 4 is 17.0 Å². The summed E-state index contributed by atoms with van der Waals surface area (Å²) in [7, 11) is 0. The molecule has 1 heterocycles. The molecule has 0 amide bonds. The van der Waals surface area contributed by atoms with Gasteiger partial charge in [0.15, 0.2) is 5.82 Å². The molecule has 0 bridgehead atoms. The highest BCUT2D eigenvalue weighted by atomic mass is 16.4. The Morgan fingerprint density at radius 2 is 2.19 bits per heavy atom. The molecular formula is C11H11N3O2. The highest BCUT2D eigenvalue weighted by Crippen LogP contribution is 2.12. The fourth-order valence-electron chi connectivity index (χ4n) is 1.46. The molecule has 1 aromatic heterocycles. The summed E-state index contributed by atoms with van der Waals surface area (Å²) in [6, 6.07) is 5.68. The van der Waals surface area contributed by atoms with Crippen LogP contribution in [0.5, 0.6) is 0 Å². The van der Waals surface area contributed by atoms with Crippen LogP contribution in [0, 0.1) is 6.92 Å². The maximum atomic E-state index is 10.4. The zero-order valence-corrected chi connectivity index (χ0v) is 8.84. The number of hydrogen-bond donors (Lipinski definition) is 1. The second kappa shape index (κ2) is 4.22. The van der Waals surface area contributed by atoms with Crippen LogP contribution in [0.3, 0.4) is 0 Å². The van der Waals surface area contributed by atoms with Gasteiger partial charge in [0.2, 0.25) is 0 Å². The average molecular weight is 217 g/mol. The molecule has 0 aliphatic rings. The van der Waals surface area contributed by atoms with Crippen LogP contribution in [-0.4, -0.2) is 26.3 Å². The van der Waals surface area contributed by atoms with Crippen LogP contribution in [0.25, 0.3) is 11.0 Å². The fourth-order valence-corrected chi connectivity index (χ4v) is 1.46. The Bertz CT molecular complexity index is 540. The molecule has 0 aliphatic heterocycles. The van der Waals surface area contributed by atoms with Crippen molar-refractivity contribution in [2.75, 3.05) is 0 Å². The number of carboxylic acid groups (broad SMARTS) is 1. The molecule has 0 aliphatic carbocycles. The summed E-state index contributed by atoms with van der Waals surface area (Å²) in [5.41, 5.74) is 2.54. The van der Waals surface area contributed by atoms with Crippen molar-refractivity contribution in [2.45, 2.75) is 19.8 Å². The van der Waals surface area contributed by atoms with Gasteiger partial charge in [-0.2, -0.15) is 0 Å². The molecule has 2 aromatic rings. The number of rotatable bonds is 3. The molecule has 5 nitrogen and oxygen atoms in total. The minimum absolute atomic E-state index is 0.0268. The van der Waals surface area contributed by atoms with E-state index in [-0.39, 0.29) is 6.42 Å². The van der Waals surface area contributed by atoms with E-state index in [0.717, 1.165) is 16.6 Å². The first-order valence-corrected chi connectivity index (χ1v) is 4.97. The largest absolute Gasteiger partial charge is 0.481 e. The van der Waals surface area contributed by atoms with Crippen LogP contribution < -0.4 is 0 Å². The number of aromatic nitrogens is 3. The number of aryl methyl sites for hydroxylation is 2. The second-order valence-corrected chi connectivity index (χ2v) is 3.56. The molecule has 2 rings (SSSR count). The monoisotopic (exact) mass is 217 g/mol. The van der Waals surface area contributed by atoms with E-state index in [0.29, 0.717) is 12.2 Å². The van der Waals surface area contributed by atoms with E-state index >= 15 is 0 Å². The molecule has 0 atom stereocenters. The Hall–Kier alpha value is -2.04. The molecule has 16 heavy (non-hydrogen) atoms. The van der Waals surface area contributed by atoms with Crippen molar-refractivity contribution < 1.29 is 9.90 Å². The lowest BCUT2D eigenvalue weighted by Crippen LogP contribution is -2.03.